The maximum Gasteiger partial charge on any atom is 0.136 e. The Morgan fingerprint density at radius 2 is 1.84 bits per heavy atom. The molecule has 3 rings (SSSR count). The van der Waals surface area contributed by atoms with Crippen LogP contribution >= 0.6 is 0 Å². The standard InChI is InChI=1S/C24H35FN4O2/c1-17(2)15-31-16-22(30)14-28-8-10-29(11-9-28)24-23(18(3)26-19(4)27-24)13-20-6-5-7-21(25)12-20/h5-7,12,17,22,30H,8-11,13-16H2,1-4H3/t22-/m0/s1. The van der Waals surface area contributed by atoms with Gasteiger partial charge in [0.2, 0.25) is 0 Å². The Hall–Kier alpha value is -2.09. The quantitative estimate of drug-likeness (QED) is 0.660. The SMILES string of the molecule is Cc1nc(C)c(Cc2cccc(F)c2)c(N2CCN(C[C@H](O)COCC(C)C)CC2)n1. The first-order valence-corrected chi connectivity index (χ1v) is 11.1. The molecule has 6 nitrogen and oxygen atoms in total. The summed E-state index contributed by atoms with van der Waals surface area (Å²) in [6.45, 7) is 13.1. The number of β-amino-alcohol motifs (C(OH)–C–C–N with tert-alkyl or cyclic N) is 1. The van der Waals surface area contributed by atoms with Gasteiger partial charge < -0.3 is 14.7 Å². The van der Waals surface area contributed by atoms with Gasteiger partial charge in [0.15, 0.2) is 0 Å². The summed E-state index contributed by atoms with van der Waals surface area (Å²) in [5.41, 5.74) is 2.90. The molecule has 0 saturated carbocycles. The number of aliphatic hydroxyl groups excluding tert-OH is 1. The second-order valence-electron chi connectivity index (χ2n) is 8.84. The van der Waals surface area contributed by atoms with E-state index in [1.54, 1.807) is 12.1 Å². The Balaban J connectivity index is 1.63. The van der Waals surface area contributed by atoms with Crippen LogP contribution in [0.5, 0.6) is 0 Å². The Morgan fingerprint density at radius 1 is 1.10 bits per heavy atom. The first-order chi connectivity index (χ1) is 14.8. The summed E-state index contributed by atoms with van der Waals surface area (Å²) in [5.74, 6) is 1.93. The summed E-state index contributed by atoms with van der Waals surface area (Å²) >= 11 is 0. The van der Waals surface area contributed by atoms with Gasteiger partial charge in [-0.2, -0.15) is 0 Å². The Bertz CT molecular complexity index is 853. The molecular weight excluding hydrogens is 395 g/mol. The fourth-order valence-corrected chi connectivity index (χ4v) is 3.97. The van der Waals surface area contributed by atoms with Crippen molar-refractivity contribution in [2.45, 2.75) is 40.2 Å². The predicted octanol–water partition coefficient (Wildman–Crippen LogP) is 2.98. The van der Waals surface area contributed by atoms with Crippen LogP contribution in [0.4, 0.5) is 10.2 Å². The van der Waals surface area contributed by atoms with E-state index in [1.807, 2.05) is 19.9 Å². The molecule has 0 aliphatic carbocycles. The van der Waals surface area contributed by atoms with Gasteiger partial charge in [-0.3, -0.25) is 4.90 Å². The van der Waals surface area contributed by atoms with Crippen molar-refractivity contribution in [2.24, 2.45) is 5.92 Å². The number of hydrogen-bond donors (Lipinski definition) is 1. The van der Waals surface area contributed by atoms with Crippen LogP contribution in [0.1, 0.15) is 36.5 Å². The smallest absolute Gasteiger partial charge is 0.136 e. The van der Waals surface area contributed by atoms with Gasteiger partial charge in [-0.15, -0.1) is 0 Å². The minimum atomic E-state index is -0.475. The number of hydrogen-bond acceptors (Lipinski definition) is 6. The number of ether oxygens (including phenoxy) is 1. The van der Waals surface area contributed by atoms with E-state index in [1.165, 1.54) is 6.07 Å². The molecule has 1 aromatic heterocycles. The van der Waals surface area contributed by atoms with E-state index in [0.717, 1.165) is 54.6 Å². The van der Waals surface area contributed by atoms with E-state index < -0.39 is 6.10 Å². The fraction of sp³-hybridized carbons (Fsp3) is 0.583. The first-order valence-electron chi connectivity index (χ1n) is 11.1. The van der Waals surface area contributed by atoms with Crippen molar-refractivity contribution in [3.8, 4) is 0 Å². The topological polar surface area (TPSA) is 61.7 Å². The van der Waals surface area contributed by atoms with Crippen LogP contribution in [0, 0.1) is 25.6 Å². The van der Waals surface area contributed by atoms with Crippen LogP contribution in [0.15, 0.2) is 24.3 Å². The normalized spacial score (nSPS) is 16.2. The van der Waals surface area contributed by atoms with Crippen LogP contribution in [0.25, 0.3) is 0 Å². The highest BCUT2D eigenvalue weighted by Gasteiger charge is 2.23. The molecule has 1 N–H and O–H groups in total. The Labute approximate surface area is 185 Å². The number of benzene rings is 1. The van der Waals surface area contributed by atoms with Crippen LogP contribution in [-0.4, -0.2) is 72.0 Å². The van der Waals surface area contributed by atoms with Gasteiger partial charge in [0.05, 0.1) is 12.7 Å². The molecule has 0 bridgehead atoms. The van der Waals surface area contributed by atoms with E-state index in [-0.39, 0.29) is 5.82 Å². The summed E-state index contributed by atoms with van der Waals surface area (Å²) in [5, 5.41) is 10.3. The third-order valence-electron chi connectivity index (χ3n) is 5.48. The van der Waals surface area contributed by atoms with Gasteiger partial charge >= 0.3 is 0 Å². The third kappa shape index (κ3) is 6.95. The molecule has 0 radical (unpaired) electrons. The molecule has 31 heavy (non-hydrogen) atoms. The molecule has 170 valence electrons. The fourth-order valence-electron chi connectivity index (χ4n) is 3.97. The molecular formula is C24H35FN4O2. The van der Waals surface area contributed by atoms with Crippen LogP contribution in [0.2, 0.25) is 0 Å². The Morgan fingerprint density at radius 3 is 2.52 bits per heavy atom. The molecule has 1 aromatic carbocycles. The number of aryl methyl sites for hydroxylation is 2. The molecule has 1 aliphatic rings. The number of aliphatic hydroxyl groups is 1. The average Bonchev–Trinajstić information content (AvgIpc) is 2.70. The number of nitrogens with zero attached hydrogens (tertiary/aromatic N) is 4. The van der Waals surface area contributed by atoms with Gasteiger partial charge in [0.1, 0.15) is 17.5 Å². The number of halogens is 1. The summed E-state index contributed by atoms with van der Waals surface area (Å²) in [4.78, 5) is 13.9. The molecule has 7 heteroatoms. The largest absolute Gasteiger partial charge is 0.389 e. The molecule has 0 amide bonds. The van der Waals surface area contributed by atoms with Gasteiger partial charge in [-0.05, 0) is 37.5 Å². The Kier molecular flexibility index (Phi) is 8.35. The number of piperazine rings is 1. The van der Waals surface area contributed by atoms with E-state index in [4.69, 9.17) is 9.72 Å². The summed E-state index contributed by atoms with van der Waals surface area (Å²) in [6.07, 6.45) is 0.128. The minimum absolute atomic E-state index is 0.228. The molecule has 1 fully saturated rings. The van der Waals surface area contributed by atoms with Gasteiger partial charge in [0, 0.05) is 57.0 Å². The average molecular weight is 431 g/mol. The molecule has 1 saturated heterocycles. The first kappa shape index (κ1) is 23.6. The van der Waals surface area contributed by atoms with Gasteiger partial charge in [-0.25, -0.2) is 14.4 Å². The van der Waals surface area contributed by atoms with Crippen LogP contribution in [-0.2, 0) is 11.2 Å². The number of aromatic nitrogens is 2. The lowest BCUT2D eigenvalue weighted by Gasteiger charge is -2.37. The lowest BCUT2D eigenvalue weighted by atomic mass is 10.0. The van der Waals surface area contributed by atoms with Crippen molar-refractivity contribution in [1.82, 2.24) is 14.9 Å². The second-order valence-corrected chi connectivity index (χ2v) is 8.84. The van der Waals surface area contributed by atoms with Crippen LogP contribution in [0.3, 0.4) is 0 Å². The lowest BCUT2D eigenvalue weighted by Crippen LogP contribution is -2.49. The van der Waals surface area contributed by atoms with Crippen molar-refractivity contribution in [3.05, 3.63) is 52.7 Å². The van der Waals surface area contributed by atoms with E-state index >= 15 is 0 Å². The minimum Gasteiger partial charge on any atom is -0.389 e. The highest BCUT2D eigenvalue weighted by Crippen LogP contribution is 2.25. The van der Waals surface area contributed by atoms with E-state index in [2.05, 4.69) is 28.6 Å². The van der Waals surface area contributed by atoms with Gasteiger partial charge in [-0.1, -0.05) is 26.0 Å². The zero-order valence-corrected chi connectivity index (χ0v) is 19.1. The van der Waals surface area contributed by atoms with Crippen molar-refractivity contribution in [1.29, 1.82) is 0 Å². The molecule has 1 atom stereocenters. The summed E-state index contributed by atoms with van der Waals surface area (Å²) in [7, 11) is 0. The van der Waals surface area contributed by atoms with Crippen molar-refractivity contribution >= 4 is 5.82 Å². The molecule has 2 heterocycles. The molecule has 0 unspecified atom stereocenters. The van der Waals surface area contributed by atoms with Gasteiger partial charge in [0.25, 0.3) is 0 Å². The zero-order chi connectivity index (χ0) is 22.4. The van der Waals surface area contributed by atoms with Crippen LogP contribution < -0.4 is 4.90 Å². The molecule has 1 aliphatic heterocycles. The maximum absolute atomic E-state index is 13.7. The third-order valence-corrected chi connectivity index (χ3v) is 5.48. The summed E-state index contributed by atoms with van der Waals surface area (Å²) < 4.78 is 19.2. The van der Waals surface area contributed by atoms with E-state index in [9.17, 15) is 9.50 Å². The number of rotatable bonds is 9. The van der Waals surface area contributed by atoms with Crippen molar-refractivity contribution in [3.63, 3.8) is 0 Å². The van der Waals surface area contributed by atoms with Crippen molar-refractivity contribution < 1.29 is 14.2 Å². The van der Waals surface area contributed by atoms with Crippen molar-refractivity contribution in [2.75, 3.05) is 50.8 Å². The zero-order valence-electron chi connectivity index (χ0n) is 19.1. The van der Waals surface area contributed by atoms with E-state index in [0.29, 0.717) is 32.1 Å². The second kappa shape index (κ2) is 11.0. The number of anilines is 1. The summed E-state index contributed by atoms with van der Waals surface area (Å²) in [6, 6.07) is 6.71. The molecule has 0 spiro atoms. The predicted molar refractivity (Wildman–Crippen MR) is 121 cm³/mol. The maximum atomic E-state index is 13.7. The highest BCUT2D eigenvalue weighted by atomic mass is 19.1. The highest BCUT2D eigenvalue weighted by molar-refractivity contribution is 5.51. The monoisotopic (exact) mass is 430 g/mol. The lowest BCUT2D eigenvalue weighted by molar-refractivity contribution is 0.00745. The molecule has 2 aromatic rings.